The molecule has 1 amide bonds. The van der Waals surface area contributed by atoms with E-state index < -0.39 is 5.72 Å². The van der Waals surface area contributed by atoms with Crippen molar-refractivity contribution in [2.75, 3.05) is 6.54 Å². The maximum absolute atomic E-state index is 13.1. The SMILES string of the molecule is CC[C@@H]1N=C2C[C@H](c3ccccc3)[C@@H](C)[C@@H]3C[C@@]2(O1)N(CC)C3=O. The monoisotopic (exact) mass is 326 g/mol. The minimum absolute atomic E-state index is 0.0264. The van der Waals surface area contributed by atoms with Gasteiger partial charge in [-0.1, -0.05) is 44.2 Å². The molecule has 2 heterocycles. The van der Waals surface area contributed by atoms with Crippen molar-refractivity contribution in [2.24, 2.45) is 16.8 Å². The van der Waals surface area contributed by atoms with Crippen LogP contribution in [0.25, 0.3) is 0 Å². The molecule has 1 aliphatic carbocycles. The summed E-state index contributed by atoms with van der Waals surface area (Å²) in [4.78, 5) is 19.9. The molecule has 4 rings (SSSR count). The van der Waals surface area contributed by atoms with E-state index in [1.165, 1.54) is 5.56 Å². The van der Waals surface area contributed by atoms with Gasteiger partial charge in [-0.25, -0.2) is 0 Å². The van der Waals surface area contributed by atoms with E-state index in [9.17, 15) is 4.79 Å². The van der Waals surface area contributed by atoms with Gasteiger partial charge >= 0.3 is 0 Å². The number of aliphatic imine (C=N–C) groups is 1. The average Bonchev–Trinajstić information content (AvgIpc) is 3.06. The summed E-state index contributed by atoms with van der Waals surface area (Å²) in [6.45, 7) is 7.06. The van der Waals surface area contributed by atoms with Gasteiger partial charge in [0.25, 0.3) is 0 Å². The normalized spacial score (nSPS) is 38.0. The van der Waals surface area contributed by atoms with Gasteiger partial charge in [0.1, 0.15) is 0 Å². The van der Waals surface area contributed by atoms with Gasteiger partial charge in [-0.05, 0) is 37.2 Å². The molecule has 1 saturated heterocycles. The van der Waals surface area contributed by atoms with Gasteiger partial charge in [0.15, 0.2) is 12.0 Å². The number of ether oxygens (including phenoxy) is 1. The van der Waals surface area contributed by atoms with Crippen LogP contribution < -0.4 is 0 Å². The van der Waals surface area contributed by atoms with E-state index in [4.69, 9.17) is 9.73 Å². The minimum Gasteiger partial charge on any atom is -0.325 e. The minimum atomic E-state index is -0.574. The molecule has 1 aromatic carbocycles. The third-order valence-corrected chi connectivity index (χ3v) is 6.17. The number of rotatable bonds is 3. The van der Waals surface area contributed by atoms with Crippen LogP contribution in [0.5, 0.6) is 0 Å². The Balaban J connectivity index is 1.80. The zero-order valence-corrected chi connectivity index (χ0v) is 14.7. The van der Waals surface area contributed by atoms with Crippen LogP contribution in [0, 0.1) is 11.8 Å². The smallest absolute Gasteiger partial charge is 0.228 e. The number of carbonyl (C=O) groups is 1. The fraction of sp³-hybridized carbons (Fsp3) is 0.600. The van der Waals surface area contributed by atoms with Crippen LogP contribution >= 0.6 is 0 Å². The van der Waals surface area contributed by atoms with E-state index in [1.54, 1.807) is 0 Å². The Morgan fingerprint density at radius 2 is 2.00 bits per heavy atom. The van der Waals surface area contributed by atoms with Crippen LogP contribution in [0.1, 0.15) is 51.5 Å². The summed E-state index contributed by atoms with van der Waals surface area (Å²) in [6, 6.07) is 10.6. The lowest BCUT2D eigenvalue weighted by Gasteiger charge is -2.37. The number of fused-ring (bicyclic) bond motifs is 1. The van der Waals surface area contributed by atoms with Gasteiger partial charge in [-0.2, -0.15) is 0 Å². The van der Waals surface area contributed by atoms with E-state index in [0.717, 1.165) is 25.0 Å². The highest BCUT2D eigenvalue weighted by Gasteiger charge is 2.61. The highest BCUT2D eigenvalue weighted by Crippen LogP contribution is 2.52. The molecule has 128 valence electrons. The van der Waals surface area contributed by atoms with Crippen molar-refractivity contribution in [1.82, 2.24) is 4.90 Å². The number of carbonyl (C=O) groups excluding carboxylic acids is 1. The van der Waals surface area contributed by atoms with Crippen LogP contribution in [-0.4, -0.2) is 35.0 Å². The first-order valence-corrected chi connectivity index (χ1v) is 9.22. The standard InChI is InChI=1S/C20H26N2O2/c1-4-18-21-17-11-15(14-9-7-6-8-10-14)13(3)16-12-20(17,24-18)22(5-2)19(16)23/h6-10,13,15-16,18H,4-5,11-12H2,1-3H3/t13-,15+,16+,18-,20+/m1/s1. The van der Waals surface area contributed by atoms with Gasteiger partial charge in [-0.3, -0.25) is 9.79 Å². The lowest BCUT2D eigenvalue weighted by molar-refractivity contribution is -0.148. The largest absolute Gasteiger partial charge is 0.325 e. The van der Waals surface area contributed by atoms with Crippen LogP contribution in [-0.2, 0) is 9.53 Å². The van der Waals surface area contributed by atoms with Gasteiger partial charge in [0, 0.05) is 18.9 Å². The van der Waals surface area contributed by atoms with Crippen molar-refractivity contribution in [2.45, 2.75) is 57.9 Å². The highest BCUT2D eigenvalue weighted by atomic mass is 16.5. The summed E-state index contributed by atoms with van der Waals surface area (Å²) in [5.41, 5.74) is 1.83. The number of amides is 1. The van der Waals surface area contributed by atoms with Crippen molar-refractivity contribution in [3.63, 3.8) is 0 Å². The lowest BCUT2D eigenvalue weighted by atomic mass is 9.78. The quantitative estimate of drug-likeness (QED) is 0.852. The first-order chi connectivity index (χ1) is 11.6. The Morgan fingerprint density at radius 1 is 1.25 bits per heavy atom. The molecule has 0 unspecified atom stereocenters. The molecular formula is C20H26N2O2. The Hall–Kier alpha value is -1.68. The average molecular weight is 326 g/mol. The topological polar surface area (TPSA) is 41.9 Å². The first kappa shape index (κ1) is 15.8. The van der Waals surface area contributed by atoms with Gasteiger partial charge in [0.05, 0.1) is 5.71 Å². The van der Waals surface area contributed by atoms with Crippen LogP contribution in [0.4, 0.5) is 0 Å². The number of hydrogen-bond donors (Lipinski definition) is 0. The summed E-state index contributed by atoms with van der Waals surface area (Å²) < 4.78 is 6.38. The molecule has 0 aromatic heterocycles. The van der Waals surface area contributed by atoms with E-state index >= 15 is 0 Å². The van der Waals surface area contributed by atoms with E-state index in [1.807, 2.05) is 17.9 Å². The van der Waals surface area contributed by atoms with E-state index in [0.29, 0.717) is 18.4 Å². The van der Waals surface area contributed by atoms with Crippen molar-refractivity contribution in [3.05, 3.63) is 35.9 Å². The molecule has 1 spiro atoms. The molecule has 4 nitrogen and oxygen atoms in total. The van der Waals surface area contributed by atoms with Crippen molar-refractivity contribution in [3.8, 4) is 0 Å². The Morgan fingerprint density at radius 3 is 2.67 bits per heavy atom. The highest BCUT2D eigenvalue weighted by molar-refractivity contribution is 6.01. The molecule has 0 N–H and O–H groups in total. The van der Waals surface area contributed by atoms with Crippen molar-refractivity contribution in [1.29, 1.82) is 0 Å². The molecule has 2 aliphatic heterocycles. The van der Waals surface area contributed by atoms with Crippen molar-refractivity contribution >= 4 is 11.6 Å². The zero-order chi connectivity index (χ0) is 16.9. The van der Waals surface area contributed by atoms with E-state index in [-0.39, 0.29) is 18.1 Å². The van der Waals surface area contributed by atoms with Gasteiger partial charge in [-0.15, -0.1) is 0 Å². The maximum Gasteiger partial charge on any atom is 0.228 e. The second-order valence-electron chi connectivity index (χ2n) is 7.31. The fourth-order valence-electron chi connectivity index (χ4n) is 4.86. The molecule has 4 heteroatoms. The van der Waals surface area contributed by atoms with Gasteiger partial charge in [0.2, 0.25) is 5.91 Å². The third-order valence-electron chi connectivity index (χ3n) is 6.17. The molecular weight excluding hydrogens is 300 g/mol. The summed E-state index contributed by atoms with van der Waals surface area (Å²) in [5, 5.41) is 0. The summed E-state index contributed by atoms with van der Waals surface area (Å²) in [7, 11) is 0. The number of nitrogens with zero attached hydrogens (tertiary/aromatic N) is 2. The first-order valence-electron chi connectivity index (χ1n) is 9.22. The number of hydrogen-bond acceptors (Lipinski definition) is 3. The molecule has 3 aliphatic rings. The van der Waals surface area contributed by atoms with Crippen LogP contribution in [0.2, 0.25) is 0 Å². The molecule has 2 bridgehead atoms. The molecule has 5 atom stereocenters. The molecule has 24 heavy (non-hydrogen) atoms. The second-order valence-corrected chi connectivity index (χ2v) is 7.31. The Labute approximate surface area is 143 Å². The Bertz CT molecular complexity index is 671. The summed E-state index contributed by atoms with van der Waals surface area (Å²) in [6.07, 6.45) is 2.40. The summed E-state index contributed by atoms with van der Waals surface area (Å²) >= 11 is 0. The Kier molecular flexibility index (Phi) is 3.75. The summed E-state index contributed by atoms with van der Waals surface area (Å²) in [5.74, 6) is 0.901. The second kappa shape index (κ2) is 5.69. The molecule has 1 saturated carbocycles. The third kappa shape index (κ3) is 2.08. The fourth-order valence-corrected chi connectivity index (χ4v) is 4.86. The van der Waals surface area contributed by atoms with Crippen LogP contribution in [0.15, 0.2) is 35.3 Å². The molecule has 0 radical (unpaired) electrons. The number of likely N-dealkylation sites (tertiary alicyclic amines) is 1. The van der Waals surface area contributed by atoms with E-state index in [2.05, 4.69) is 38.1 Å². The predicted octanol–water partition coefficient (Wildman–Crippen LogP) is 3.58. The maximum atomic E-state index is 13.1. The lowest BCUT2D eigenvalue weighted by Crippen LogP contribution is -2.52. The van der Waals surface area contributed by atoms with Crippen LogP contribution in [0.3, 0.4) is 0 Å². The zero-order valence-electron chi connectivity index (χ0n) is 14.7. The molecule has 1 aromatic rings. The van der Waals surface area contributed by atoms with Gasteiger partial charge < -0.3 is 9.64 Å². The predicted molar refractivity (Wildman–Crippen MR) is 93.8 cm³/mol. The number of benzene rings is 1. The molecule has 2 fully saturated rings. The van der Waals surface area contributed by atoms with Crippen molar-refractivity contribution < 1.29 is 9.53 Å².